The summed E-state index contributed by atoms with van der Waals surface area (Å²) in [5, 5.41) is 1.81. The monoisotopic (exact) mass is 341 g/mol. The third kappa shape index (κ3) is 4.71. The van der Waals surface area contributed by atoms with Crippen LogP contribution in [0.1, 0.15) is 5.69 Å². The van der Waals surface area contributed by atoms with Crippen LogP contribution in [0, 0.1) is 0 Å². The van der Waals surface area contributed by atoms with Crippen LogP contribution in [-0.4, -0.2) is 37.9 Å². The summed E-state index contributed by atoms with van der Waals surface area (Å²) in [5.41, 5.74) is 1.71. The van der Waals surface area contributed by atoms with E-state index in [0.29, 0.717) is 6.73 Å². The van der Waals surface area contributed by atoms with Crippen LogP contribution < -0.4 is 5.32 Å². The number of methoxy groups -OCH3 is 1. The first-order valence-corrected chi connectivity index (χ1v) is 11.4. The van der Waals surface area contributed by atoms with Gasteiger partial charge in [-0.2, -0.15) is 0 Å². The maximum atomic E-state index is 6.26. The van der Waals surface area contributed by atoms with Crippen LogP contribution in [0.5, 0.6) is 0 Å². The fourth-order valence-corrected chi connectivity index (χ4v) is 2.91. The van der Waals surface area contributed by atoms with Crippen LogP contribution in [0.15, 0.2) is 29.4 Å². The van der Waals surface area contributed by atoms with Crippen molar-refractivity contribution in [2.24, 2.45) is 4.99 Å². The molecule has 0 amide bonds. The third-order valence-corrected chi connectivity index (χ3v) is 5.48. The predicted molar refractivity (Wildman–Crippen MR) is 93.7 cm³/mol. The van der Waals surface area contributed by atoms with E-state index >= 15 is 0 Å². The predicted octanol–water partition coefficient (Wildman–Crippen LogP) is 3.31. The second-order valence-electron chi connectivity index (χ2n) is 6.49. The third-order valence-electron chi connectivity index (χ3n) is 3.40. The highest BCUT2D eigenvalue weighted by Crippen LogP contribution is 2.26. The molecule has 1 aliphatic heterocycles. The number of ether oxygens (including phenoxy) is 2. The zero-order chi connectivity index (χ0) is 16.2. The van der Waals surface area contributed by atoms with Crippen LogP contribution in [-0.2, 0) is 16.2 Å². The van der Waals surface area contributed by atoms with Crippen molar-refractivity contribution in [1.29, 1.82) is 0 Å². The maximum Gasteiger partial charge on any atom is 0.239 e. The van der Waals surface area contributed by atoms with Crippen molar-refractivity contribution in [3.63, 3.8) is 0 Å². The smallest absolute Gasteiger partial charge is 0.239 e. The molecule has 1 aromatic rings. The van der Waals surface area contributed by atoms with Crippen molar-refractivity contribution in [3.05, 3.63) is 30.1 Å². The number of nitrogens with zero attached hydrogens (tertiary/aromatic N) is 2. The molecule has 0 spiro atoms. The summed E-state index contributed by atoms with van der Waals surface area (Å²) in [4.78, 5) is 4.33. The zero-order valence-electron chi connectivity index (χ0n) is 13.6. The van der Waals surface area contributed by atoms with E-state index in [0.717, 1.165) is 24.0 Å². The number of rotatable bonds is 7. The van der Waals surface area contributed by atoms with E-state index in [2.05, 4.69) is 30.0 Å². The van der Waals surface area contributed by atoms with Gasteiger partial charge in [0.05, 0.1) is 17.7 Å². The van der Waals surface area contributed by atoms with Crippen molar-refractivity contribution in [1.82, 2.24) is 9.88 Å². The lowest BCUT2D eigenvalue weighted by Crippen LogP contribution is -2.40. The van der Waals surface area contributed by atoms with Crippen molar-refractivity contribution in [2.45, 2.75) is 37.6 Å². The number of aliphatic imine (C=N–C) groups is 1. The molecule has 1 aromatic heterocycles. The number of alkyl halides is 1. The van der Waals surface area contributed by atoms with E-state index in [1.54, 1.807) is 19.5 Å². The van der Waals surface area contributed by atoms with Crippen molar-refractivity contribution in [3.8, 4) is 0 Å². The van der Waals surface area contributed by atoms with Gasteiger partial charge in [-0.1, -0.05) is 31.2 Å². The van der Waals surface area contributed by atoms with E-state index in [4.69, 9.17) is 21.1 Å². The molecule has 0 saturated carbocycles. The van der Waals surface area contributed by atoms with Crippen molar-refractivity contribution < 1.29 is 9.47 Å². The lowest BCUT2D eigenvalue weighted by atomic mass is 10.2. The van der Waals surface area contributed by atoms with Gasteiger partial charge in [-0.25, -0.2) is 4.99 Å². The fourth-order valence-electron chi connectivity index (χ4n) is 2.00. The molecule has 1 unspecified atom stereocenters. The molecule has 1 N–H and O–H groups in total. The van der Waals surface area contributed by atoms with Gasteiger partial charge in [0.2, 0.25) is 5.18 Å². The summed E-state index contributed by atoms with van der Waals surface area (Å²) in [5.74, 6) is 0. The second kappa shape index (κ2) is 7.00. The van der Waals surface area contributed by atoms with E-state index < -0.39 is 13.3 Å². The van der Waals surface area contributed by atoms with Crippen LogP contribution in [0.25, 0.3) is 5.70 Å². The molecular formula is C15H24ClN3O2Si. The van der Waals surface area contributed by atoms with Crippen LogP contribution in [0.3, 0.4) is 0 Å². The number of hydrogen-bond donors (Lipinski definition) is 1. The average Bonchev–Trinajstić information content (AvgIpc) is 2.91. The Morgan fingerprint density at radius 1 is 1.41 bits per heavy atom. The zero-order valence-corrected chi connectivity index (χ0v) is 15.4. The van der Waals surface area contributed by atoms with Crippen molar-refractivity contribution in [2.75, 3.05) is 13.7 Å². The fraction of sp³-hybridized carbons (Fsp3) is 0.533. The Balaban J connectivity index is 2.02. The summed E-state index contributed by atoms with van der Waals surface area (Å²) < 4.78 is 13.1. The molecule has 2 rings (SSSR count). The first kappa shape index (κ1) is 17.3. The number of halogens is 1. The van der Waals surface area contributed by atoms with Gasteiger partial charge in [-0.15, -0.1) is 0 Å². The molecule has 0 aromatic carbocycles. The van der Waals surface area contributed by atoms with Crippen LogP contribution in [0.4, 0.5) is 0 Å². The topological polar surface area (TPSA) is 47.8 Å². The lowest BCUT2D eigenvalue weighted by Gasteiger charge is -2.25. The minimum absolute atomic E-state index is 0.509. The lowest BCUT2D eigenvalue weighted by molar-refractivity contribution is 0.0861. The van der Waals surface area contributed by atoms with Gasteiger partial charge in [-0.05, 0) is 18.2 Å². The van der Waals surface area contributed by atoms with Crippen LogP contribution in [0.2, 0.25) is 25.7 Å². The number of aromatic nitrogens is 1. The van der Waals surface area contributed by atoms with Gasteiger partial charge in [-0.3, -0.25) is 0 Å². The maximum absolute atomic E-state index is 6.26. The minimum Gasteiger partial charge on any atom is -0.361 e. The second-order valence-corrected chi connectivity index (χ2v) is 12.7. The quantitative estimate of drug-likeness (QED) is 0.358. The molecule has 0 aliphatic carbocycles. The molecule has 0 fully saturated rings. The summed E-state index contributed by atoms with van der Waals surface area (Å²) in [6.45, 7) is 8.33. The normalized spacial score (nSPS) is 21.6. The summed E-state index contributed by atoms with van der Waals surface area (Å²) >= 11 is 6.26. The molecular weight excluding hydrogens is 318 g/mol. The van der Waals surface area contributed by atoms with Gasteiger partial charge in [0.1, 0.15) is 6.73 Å². The Labute approximate surface area is 138 Å². The molecule has 7 heteroatoms. The standard InChI is InChI=1S/C15H24ClN3O2Si/c1-20-15(16)10-13(17-11-18-15)14-6-5-7-19(14)12-21-8-9-22(2,3)4/h5-7,10-11H,8-9,12H2,1-4H3,(H,17,18). The SMILES string of the molecule is COC1(Cl)C=C(c2cccn2COCC[Si](C)(C)C)N=CN1. The highest BCUT2D eigenvalue weighted by molar-refractivity contribution is 6.76. The minimum atomic E-state index is -1.06. The van der Waals surface area contributed by atoms with E-state index in [9.17, 15) is 0 Å². The van der Waals surface area contributed by atoms with E-state index in [1.165, 1.54) is 0 Å². The van der Waals surface area contributed by atoms with E-state index in [1.807, 2.05) is 22.9 Å². The molecule has 1 aliphatic rings. The van der Waals surface area contributed by atoms with Gasteiger partial charge in [0.25, 0.3) is 0 Å². The Morgan fingerprint density at radius 2 is 2.18 bits per heavy atom. The number of hydrogen-bond acceptors (Lipinski definition) is 4. The Kier molecular flexibility index (Phi) is 5.49. The van der Waals surface area contributed by atoms with E-state index in [-0.39, 0.29) is 0 Å². The van der Waals surface area contributed by atoms with Gasteiger partial charge < -0.3 is 19.4 Å². The Hall–Kier alpha value is -1.08. The largest absolute Gasteiger partial charge is 0.361 e. The summed E-state index contributed by atoms with van der Waals surface area (Å²) in [7, 11) is 0.487. The molecule has 22 heavy (non-hydrogen) atoms. The number of nitrogens with one attached hydrogen (secondary N) is 1. The molecule has 0 radical (unpaired) electrons. The molecule has 2 heterocycles. The Morgan fingerprint density at radius 3 is 2.86 bits per heavy atom. The summed E-state index contributed by atoms with van der Waals surface area (Å²) in [6, 6.07) is 5.12. The average molecular weight is 342 g/mol. The highest BCUT2D eigenvalue weighted by Gasteiger charge is 2.27. The summed E-state index contributed by atoms with van der Waals surface area (Å²) in [6.07, 6.45) is 5.28. The first-order chi connectivity index (χ1) is 10.3. The highest BCUT2D eigenvalue weighted by atomic mass is 35.5. The molecule has 5 nitrogen and oxygen atoms in total. The Bertz CT molecular complexity index is 565. The van der Waals surface area contributed by atoms with Crippen LogP contribution >= 0.6 is 11.6 Å². The van der Waals surface area contributed by atoms with Crippen molar-refractivity contribution >= 4 is 31.7 Å². The van der Waals surface area contributed by atoms with Gasteiger partial charge in [0.15, 0.2) is 0 Å². The van der Waals surface area contributed by atoms with Gasteiger partial charge in [0, 0.05) is 34.1 Å². The molecule has 122 valence electrons. The van der Waals surface area contributed by atoms with Gasteiger partial charge >= 0.3 is 0 Å². The first-order valence-electron chi connectivity index (χ1n) is 7.33. The molecule has 0 saturated heterocycles. The molecule has 0 bridgehead atoms. The molecule has 1 atom stereocenters.